The normalized spacial score (nSPS) is 10.9. The number of carbonyl (C=O) groups excluding carboxylic acids is 1. The minimum atomic E-state index is 0.0588. The number of nitrogens with zero attached hydrogens (tertiary/aromatic N) is 4. The Morgan fingerprint density at radius 2 is 2.04 bits per heavy atom. The van der Waals surface area contributed by atoms with Gasteiger partial charge in [0.2, 0.25) is 5.91 Å². The molecule has 26 heavy (non-hydrogen) atoms. The third-order valence-electron chi connectivity index (χ3n) is 4.19. The monoisotopic (exact) mass is 370 g/mol. The van der Waals surface area contributed by atoms with E-state index in [2.05, 4.69) is 29.3 Å². The molecule has 0 bridgehead atoms. The Labute approximate surface area is 157 Å². The molecular formula is C19H22N4O2S. The lowest BCUT2D eigenvalue weighted by atomic mass is 10.1. The maximum atomic E-state index is 12.5. The standard InChI is InChI=1S/C19H22N4O2S/c1-4-23-18(16-10-7-11-25-16)20-21-19(23)26-13-17(24)22(3)12-15-9-6-5-8-14(15)2/h5-11H,4,12-13H2,1-3H3. The lowest BCUT2D eigenvalue weighted by Gasteiger charge is -2.18. The van der Waals surface area contributed by atoms with Crippen LogP contribution >= 0.6 is 11.8 Å². The molecule has 0 saturated heterocycles. The Balaban J connectivity index is 1.63. The third-order valence-corrected chi connectivity index (χ3v) is 5.15. The molecule has 0 radical (unpaired) electrons. The minimum absolute atomic E-state index is 0.0588. The Kier molecular flexibility index (Phi) is 5.78. The van der Waals surface area contributed by atoms with Gasteiger partial charge in [-0.25, -0.2) is 0 Å². The maximum absolute atomic E-state index is 12.5. The highest BCUT2D eigenvalue weighted by atomic mass is 32.2. The minimum Gasteiger partial charge on any atom is -0.461 e. The molecule has 1 aromatic carbocycles. The average molecular weight is 370 g/mol. The van der Waals surface area contributed by atoms with Crippen molar-refractivity contribution in [2.24, 2.45) is 0 Å². The van der Waals surface area contributed by atoms with Crippen LogP contribution in [0.1, 0.15) is 18.1 Å². The smallest absolute Gasteiger partial charge is 0.233 e. The predicted octanol–water partition coefficient (Wildman–Crippen LogP) is 3.62. The maximum Gasteiger partial charge on any atom is 0.233 e. The summed E-state index contributed by atoms with van der Waals surface area (Å²) in [6.07, 6.45) is 1.61. The van der Waals surface area contributed by atoms with Crippen molar-refractivity contribution >= 4 is 17.7 Å². The molecule has 136 valence electrons. The van der Waals surface area contributed by atoms with E-state index >= 15 is 0 Å². The van der Waals surface area contributed by atoms with Crippen molar-refractivity contribution in [1.82, 2.24) is 19.7 Å². The molecule has 7 heteroatoms. The molecule has 2 heterocycles. The number of aromatic nitrogens is 3. The second-order valence-corrected chi connectivity index (χ2v) is 6.94. The van der Waals surface area contributed by atoms with E-state index in [0.717, 1.165) is 10.7 Å². The van der Waals surface area contributed by atoms with E-state index in [1.807, 2.05) is 42.8 Å². The number of hydrogen-bond donors (Lipinski definition) is 0. The van der Waals surface area contributed by atoms with Gasteiger partial charge in [0.1, 0.15) is 0 Å². The van der Waals surface area contributed by atoms with Crippen LogP contribution in [0, 0.1) is 6.92 Å². The highest BCUT2D eigenvalue weighted by Crippen LogP contribution is 2.24. The molecule has 0 unspecified atom stereocenters. The molecule has 6 nitrogen and oxygen atoms in total. The quantitative estimate of drug-likeness (QED) is 0.595. The van der Waals surface area contributed by atoms with Crippen LogP contribution in [-0.2, 0) is 17.9 Å². The topological polar surface area (TPSA) is 64.2 Å². The summed E-state index contributed by atoms with van der Waals surface area (Å²) in [6.45, 7) is 5.39. The van der Waals surface area contributed by atoms with Crippen molar-refractivity contribution in [3.8, 4) is 11.6 Å². The zero-order valence-corrected chi connectivity index (χ0v) is 16.0. The Morgan fingerprint density at radius 3 is 2.73 bits per heavy atom. The van der Waals surface area contributed by atoms with Gasteiger partial charge in [0.05, 0.1) is 12.0 Å². The SMILES string of the molecule is CCn1c(SCC(=O)N(C)Cc2ccccc2C)nnc1-c1ccco1. The second kappa shape index (κ2) is 8.23. The van der Waals surface area contributed by atoms with Gasteiger partial charge in [-0.15, -0.1) is 10.2 Å². The first-order chi connectivity index (χ1) is 12.6. The zero-order valence-electron chi connectivity index (χ0n) is 15.2. The fourth-order valence-corrected chi connectivity index (χ4v) is 3.58. The summed E-state index contributed by atoms with van der Waals surface area (Å²) in [5.74, 6) is 1.73. The molecule has 0 saturated carbocycles. The summed E-state index contributed by atoms with van der Waals surface area (Å²) in [4.78, 5) is 14.2. The Morgan fingerprint density at radius 1 is 1.23 bits per heavy atom. The molecule has 0 aliphatic rings. The first-order valence-corrected chi connectivity index (χ1v) is 9.47. The molecular weight excluding hydrogens is 348 g/mol. The Bertz CT molecular complexity index is 874. The fraction of sp³-hybridized carbons (Fsp3) is 0.316. The molecule has 3 rings (SSSR count). The van der Waals surface area contributed by atoms with Crippen LogP contribution in [0.5, 0.6) is 0 Å². The summed E-state index contributed by atoms with van der Waals surface area (Å²) in [5, 5.41) is 9.14. The highest BCUT2D eigenvalue weighted by Gasteiger charge is 2.17. The number of furan rings is 1. The average Bonchev–Trinajstić information content (AvgIpc) is 3.30. The zero-order chi connectivity index (χ0) is 18.5. The van der Waals surface area contributed by atoms with Gasteiger partial charge >= 0.3 is 0 Å². The molecule has 3 aromatic rings. The van der Waals surface area contributed by atoms with Crippen molar-refractivity contribution in [3.63, 3.8) is 0 Å². The van der Waals surface area contributed by atoms with E-state index in [0.29, 0.717) is 30.4 Å². The molecule has 0 aliphatic heterocycles. The first kappa shape index (κ1) is 18.3. The summed E-state index contributed by atoms with van der Waals surface area (Å²) < 4.78 is 7.37. The number of hydrogen-bond acceptors (Lipinski definition) is 5. The molecule has 0 spiro atoms. The molecule has 1 amide bonds. The Hall–Kier alpha value is -2.54. The number of aryl methyl sites for hydroxylation is 1. The van der Waals surface area contributed by atoms with Gasteiger partial charge in [0.25, 0.3) is 0 Å². The largest absolute Gasteiger partial charge is 0.461 e. The lowest BCUT2D eigenvalue weighted by Crippen LogP contribution is -2.28. The van der Waals surface area contributed by atoms with Crippen molar-refractivity contribution in [1.29, 1.82) is 0 Å². The summed E-state index contributed by atoms with van der Waals surface area (Å²) in [6, 6.07) is 11.8. The van der Waals surface area contributed by atoms with Gasteiger partial charge < -0.3 is 9.32 Å². The van der Waals surface area contributed by atoms with Gasteiger partial charge in [0.15, 0.2) is 16.7 Å². The van der Waals surface area contributed by atoms with E-state index in [9.17, 15) is 4.79 Å². The highest BCUT2D eigenvalue weighted by molar-refractivity contribution is 7.99. The van der Waals surface area contributed by atoms with Gasteiger partial charge in [-0.2, -0.15) is 0 Å². The van der Waals surface area contributed by atoms with Gasteiger partial charge in [-0.05, 0) is 37.1 Å². The summed E-state index contributed by atoms with van der Waals surface area (Å²) >= 11 is 1.40. The summed E-state index contributed by atoms with van der Waals surface area (Å²) in [5.41, 5.74) is 2.35. The van der Waals surface area contributed by atoms with Crippen LogP contribution in [0.2, 0.25) is 0 Å². The van der Waals surface area contributed by atoms with Crippen LogP contribution in [0.4, 0.5) is 0 Å². The molecule has 0 atom stereocenters. The first-order valence-electron chi connectivity index (χ1n) is 8.48. The number of carbonyl (C=O) groups is 1. The van der Waals surface area contributed by atoms with E-state index in [-0.39, 0.29) is 5.91 Å². The van der Waals surface area contributed by atoms with Crippen LogP contribution in [-0.4, -0.2) is 38.4 Å². The molecule has 2 aromatic heterocycles. The number of amides is 1. The van der Waals surface area contributed by atoms with Crippen LogP contribution < -0.4 is 0 Å². The van der Waals surface area contributed by atoms with Crippen molar-refractivity contribution in [3.05, 3.63) is 53.8 Å². The lowest BCUT2D eigenvalue weighted by molar-refractivity contribution is -0.127. The third kappa shape index (κ3) is 3.99. The van der Waals surface area contributed by atoms with Crippen LogP contribution in [0.15, 0.2) is 52.2 Å². The van der Waals surface area contributed by atoms with E-state index in [4.69, 9.17) is 4.42 Å². The van der Waals surface area contributed by atoms with Gasteiger partial charge in [-0.1, -0.05) is 36.0 Å². The summed E-state index contributed by atoms with van der Waals surface area (Å²) in [7, 11) is 1.83. The van der Waals surface area contributed by atoms with E-state index in [1.54, 1.807) is 11.2 Å². The number of rotatable bonds is 7. The number of thioether (sulfide) groups is 1. The number of benzene rings is 1. The fourth-order valence-electron chi connectivity index (χ4n) is 2.64. The molecule has 0 N–H and O–H groups in total. The van der Waals surface area contributed by atoms with Crippen LogP contribution in [0.25, 0.3) is 11.6 Å². The van der Waals surface area contributed by atoms with Gasteiger partial charge in [-0.3, -0.25) is 9.36 Å². The van der Waals surface area contributed by atoms with Crippen molar-refractivity contribution in [2.75, 3.05) is 12.8 Å². The predicted molar refractivity (Wildman–Crippen MR) is 102 cm³/mol. The van der Waals surface area contributed by atoms with Gasteiger partial charge in [0, 0.05) is 20.1 Å². The van der Waals surface area contributed by atoms with E-state index < -0.39 is 0 Å². The van der Waals surface area contributed by atoms with E-state index in [1.165, 1.54) is 17.3 Å². The van der Waals surface area contributed by atoms with Crippen LogP contribution in [0.3, 0.4) is 0 Å². The van der Waals surface area contributed by atoms with Crippen molar-refractivity contribution in [2.45, 2.75) is 32.1 Å². The molecule has 0 aliphatic carbocycles. The molecule has 0 fully saturated rings. The second-order valence-electron chi connectivity index (χ2n) is 5.99. The van der Waals surface area contributed by atoms with Crippen molar-refractivity contribution < 1.29 is 9.21 Å².